The SMILES string of the molecule is CCOC(=O)Oc1ccc(C(=O)NCc2ccccc2NC(=O)Cc2ccccc2OC)cc1. The number of para-hydroxylation sites is 2. The second kappa shape index (κ2) is 12.1. The van der Waals surface area contributed by atoms with Crippen molar-refractivity contribution in [1.82, 2.24) is 5.32 Å². The number of methoxy groups -OCH3 is 1. The molecule has 0 aliphatic heterocycles. The van der Waals surface area contributed by atoms with E-state index < -0.39 is 6.16 Å². The third-order valence-electron chi connectivity index (χ3n) is 4.85. The zero-order valence-corrected chi connectivity index (χ0v) is 19.0. The number of hydrogen-bond donors (Lipinski definition) is 2. The summed E-state index contributed by atoms with van der Waals surface area (Å²) in [5, 5.41) is 5.74. The van der Waals surface area contributed by atoms with E-state index in [1.165, 1.54) is 12.1 Å². The fraction of sp³-hybridized carbons (Fsp3) is 0.192. The molecule has 0 spiro atoms. The molecular formula is C26H26N2O6. The molecule has 3 rings (SSSR count). The fourth-order valence-corrected chi connectivity index (χ4v) is 3.21. The van der Waals surface area contributed by atoms with Gasteiger partial charge >= 0.3 is 6.16 Å². The van der Waals surface area contributed by atoms with Crippen LogP contribution in [0.1, 0.15) is 28.4 Å². The van der Waals surface area contributed by atoms with Gasteiger partial charge in [0.2, 0.25) is 5.91 Å². The standard InChI is InChI=1S/C26H26N2O6/c1-3-33-26(31)34-21-14-12-18(13-15-21)25(30)27-17-20-9-4-6-10-22(20)28-24(29)16-19-8-5-7-11-23(19)32-2/h4-15H,3,16-17H2,1-2H3,(H,27,30)(H,28,29). The predicted molar refractivity (Wildman–Crippen MR) is 127 cm³/mol. The summed E-state index contributed by atoms with van der Waals surface area (Å²) in [6.45, 7) is 2.10. The first kappa shape index (κ1) is 24.3. The van der Waals surface area contributed by atoms with Crippen LogP contribution < -0.4 is 20.1 Å². The molecule has 0 bridgehead atoms. The smallest absolute Gasteiger partial charge is 0.496 e. The Balaban J connectivity index is 1.59. The van der Waals surface area contributed by atoms with Gasteiger partial charge in [-0.15, -0.1) is 0 Å². The quantitative estimate of drug-likeness (QED) is 0.362. The molecule has 0 heterocycles. The molecule has 0 saturated carbocycles. The summed E-state index contributed by atoms with van der Waals surface area (Å²) >= 11 is 0. The molecule has 8 nitrogen and oxygen atoms in total. The molecule has 0 radical (unpaired) electrons. The predicted octanol–water partition coefficient (Wildman–Crippen LogP) is 4.34. The van der Waals surface area contributed by atoms with Gasteiger partial charge in [0.05, 0.1) is 20.1 Å². The molecule has 3 aromatic rings. The van der Waals surface area contributed by atoms with Gasteiger partial charge < -0.3 is 24.8 Å². The minimum atomic E-state index is -0.802. The van der Waals surface area contributed by atoms with Crippen molar-refractivity contribution in [2.45, 2.75) is 19.9 Å². The highest BCUT2D eigenvalue weighted by Gasteiger charge is 2.12. The molecule has 0 fully saturated rings. The van der Waals surface area contributed by atoms with Crippen LogP contribution >= 0.6 is 0 Å². The van der Waals surface area contributed by atoms with Gasteiger partial charge in [-0.2, -0.15) is 0 Å². The van der Waals surface area contributed by atoms with Gasteiger partial charge in [-0.05, 0) is 48.9 Å². The number of benzene rings is 3. The average Bonchev–Trinajstić information content (AvgIpc) is 2.84. The minimum Gasteiger partial charge on any atom is -0.496 e. The topological polar surface area (TPSA) is 103 Å². The lowest BCUT2D eigenvalue weighted by Gasteiger charge is -2.13. The molecule has 0 aromatic heterocycles. The van der Waals surface area contributed by atoms with E-state index in [-0.39, 0.29) is 37.1 Å². The molecule has 0 aliphatic carbocycles. The lowest BCUT2D eigenvalue weighted by Crippen LogP contribution is -2.24. The molecule has 3 aromatic carbocycles. The van der Waals surface area contributed by atoms with Crippen LogP contribution in [0.2, 0.25) is 0 Å². The molecular weight excluding hydrogens is 436 g/mol. The number of ether oxygens (including phenoxy) is 3. The minimum absolute atomic E-state index is 0.158. The Morgan fingerprint density at radius 3 is 2.24 bits per heavy atom. The highest BCUT2D eigenvalue weighted by molar-refractivity contribution is 5.95. The van der Waals surface area contributed by atoms with E-state index in [0.717, 1.165) is 11.1 Å². The zero-order valence-electron chi connectivity index (χ0n) is 19.0. The van der Waals surface area contributed by atoms with Crippen LogP contribution in [-0.4, -0.2) is 31.7 Å². The molecule has 2 N–H and O–H groups in total. The summed E-state index contributed by atoms with van der Waals surface area (Å²) in [7, 11) is 1.57. The van der Waals surface area contributed by atoms with E-state index >= 15 is 0 Å². The third-order valence-corrected chi connectivity index (χ3v) is 4.85. The largest absolute Gasteiger partial charge is 0.513 e. The van der Waals surface area contributed by atoms with Crippen LogP contribution in [0.3, 0.4) is 0 Å². The second-order valence-electron chi connectivity index (χ2n) is 7.19. The van der Waals surface area contributed by atoms with Crippen molar-refractivity contribution in [3.05, 3.63) is 89.5 Å². The summed E-state index contributed by atoms with van der Waals surface area (Å²) in [6, 6.07) is 20.7. The maximum atomic E-state index is 12.6. The van der Waals surface area contributed by atoms with Crippen LogP contribution in [0, 0.1) is 0 Å². The van der Waals surface area contributed by atoms with Gasteiger partial charge in [-0.25, -0.2) is 4.79 Å². The van der Waals surface area contributed by atoms with Gasteiger partial charge in [0.1, 0.15) is 11.5 Å². The van der Waals surface area contributed by atoms with E-state index in [1.54, 1.807) is 32.2 Å². The van der Waals surface area contributed by atoms with Crippen molar-refractivity contribution in [2.24, 2.45) is 0 Å². The normalized spacial score (nSPS) is 10.2. The number of hydrogen-bond acceptors (Lipinski definition) is 6. The van der Waals surface area contributed by atoms with E-state index in [2.05, 4.69) is 10.6 Å². The maximum Gasteiger partial charge on any atom is 0.513 e. The first-order valence-corrected chi connectivity index (χ1v) is 10.7. The van der Waals surface area contributed by atoms with Gasteiger partial charge in [0.25, 0.3) is 5.91 Å². The Bertz CT molecular complexity index is 1140. The fourth-order valence-electron chi connectivity index (χ4n) is 3.21. The van der Waals surface area contributed by atoms with Crippen molar-refractivity contribution in [2.75, 3.05) is 19.0 Å². The van der Waals surface area contributed by atoms with Crippen molar-refractivity contribution < 1.29 is 28.6 Å². The number of anilines is 1. The van der Waals surface area contributed by atoms with Crippen molar-refractivity contribution in [1.29, 1.82) is 0 Å². The number of nitrogens with one attached hydrogen (secondary N) is 2. The molecule has 0 atom stereocenters. The number of carbonyl (C=O) groups excluding carboxylic acids is 3. The Labute approximate surface area is 197 Å². The Morgan fingerprint density at radius 1 is 0.853 bits per heavy atom. The van der Waals surface area contributed by atoms with E-state index in [1.807, 2.05) is 42.5 Å². The molecule has 34 heavy (non-hydrogen) atoms. The highest BCUT2D eigenvalue weighted by atomic mass is 16.7. The summed E-state index contributed by atoms with van der Waals surface area (Å²) in [6.07, 6.45) is -0.644. The van der Waals surface area contributed by atoms with Gasteiger partial charge in [-0.1, -0.05) is 36.4 Å². The van der Waals surface area contributed by atoms with E-state index in [9.17, 15) is 14.4 Å². The number of carbonyl (C=O) groups is 3. The lowest BCUT2D eigenvalue weighted by molar-refractivity contribution is -0.115. The molecule has 0 saturated heterocycles. The highest BCUT2D eigenvalue weighted by Crippen LogP contribution is 2.20. The van der Waals surface area contributed by atoms with Gasteiger partial charge in [0, 0.05) is 23.4 Å². The molecule has 176 valence electrons. The maximum absolute atomic E-state index is 12.6. The van der Waals surface area contributed by atoms with Crippen LogP contribution in [0.15, 0.2) is 72.8 Å². The van der Waals surface area contributed by atoms with Crippen LogP contribution in [0.25, 0.3) is 0 Å². The summed E-state index contributed by atoms with van der Waals surface area (Å²) in [4.78, 5) is 36.5. The van der Waals surface area contributed by atoms with Crippen molar-refractivity contribution in [3.8, 4) is 11.5 Å². The molecule has 2 amide bonds. The van der Waals surface area contributed by atoms with Gasteiger partial charge in [-0.3, -0.25) is 9.59 Å². The van der Waals surface area contributed by atoms with Crippen LogP contribution in [0.4, 0.5) is 10.5 Å². The van der Waals surface area contributed by atoms with Crippen molar-refractivity contribution in [3.63, 3.8) is 0 Å². The zero-order chi connectivity index (χ0) is 24.3. The Morgan fingerprint density at radius 2 is 1.53 bits per heavy atom. The molecule has 0 aliphatic rings. The van der Waals surface area contributed by atoms with Gasteiger partial charge in [0.15, 0.2) is 0 Å². The first-order chi connectivity index (χ1) is 16.5. The first-order valence-electron chi connectivity index (χ1n) is 10.7. The average molecular weight is 463 g/mol. The van der Waals surface area contributed by atoms with Crippen LogP contribution in [0.5, 0.6) is 11.5 Å². The van der Waals surface area contributed by atoms with E-state index in [0.29, 0.717) is 17.0 Å². The third kappa shape index (κ3) is 6.83. The molecule has 8 heteroatoms. The monoisotopic (exact) mass is 462 g/mol. The Kier molecular flexibility index (Phi) is 8.62. The van der Waals surface area contributed by atoms with Crippen LogP contribution in [-0.2, 0) is 22.5 Å². The number of rotatable bonds is 9. The number of amides is 2. The second-order valence-corrected chi connectivity index (χ2v) is 7.19. The summed E-state index contributed by atoms with van der Waals surface area (Å²) in [5.74, 6) is 0.424. The summed E-state index contributed by atoms with van der Waals surface area (Å²) < 4.78 is 15.0. The lowest BCUT2D eigenvalue weighted by atomic mass is 10.1. The van der Waals surface area contributed by atoms with E-state index in [4.69, 9.17) is 14.2 Å². The molecule has 0 unspecified atom stereocenters. The Hall–Kier alpha value is -4.33. The van der Waals surface area contributed by atoms with Crippen molar-refractivity contribution >= 4 is 23.7 Å². The summed E-state index contributed by atoms with van der Waals surface area (Å²) in [5.41, 5.74) is 2.55.